The lowest BCUT2D eigenvalue weighted by molar-refractivity contribution is -0.137. The van der Waals surface area contributed by atoms with Gasteiger partial charge in [-0.2, -0.15) is 13.2 Å². The monoisotopic (exact) mass is 250 g/mol. The molecule has 68 valence electrons. The quantitative estimate of drug-likeness (QED) is 0.646. The zero-order valence-corrected chi connectivity index (χ0v) is 7.65. The number of nitrogens with zero attached hydrogens (tertiary/aromatic N) is 2. The van der Waals surface area contributed by atoms with Crippen molar-refractivity contribution in [3.8, 4) is 0 Å². The van der Waals surface area contributed by atoms with Crippen molar-refractivity contribution >= 4 is 21.7 Å². The van der Waals surface area contributed by atoms with E-state index in [0.717, 1.165) is 6.07 Å². The van der Waals surface area contributed by atoms with Crippen LogP contribution in [0, 0.1) is 6.57 Å². The molecular weight excluding hydrogens is 249 g/mol. The minimum atomic E-state index is -4.42. The summed E-state index contributed by atoms with van der Waals surface area (Å²) in [7, 11) is 0. The van der Waals surface area contributed by atoms with Gasteiger partial charge in [-0.15, -0.1) is 4.98 Å². The predicted molar refractivity (Wildman–Crippen MR) is 43.2 cm³/mol. The lowest BCUT2D eigenvalue weighted by Gasteiger charge is -2.04. The Kier molecular flexibility index (Phi) is 2.57. The average Bonchev–Trinajstić information content (AvgIpc) is 2.02. The minimum Gasteiger partial charge on any atom is -0.360 e. The molecule has 0 saturated heterocycles. The fraction of sp³-hybridized carbons (Fsp3) is 0.143. The highest BCUT2D eigenvalue weighted by Gasteiger charge is 2.32. The summed E-state index contributed by atoms with van der Waals surface area (Å²) >= 11 is 2.82. The molecular formula is C7H2BrF3N2. The van der Waals surface area contributed by atoms with Gasteiger partial charge in [-0.3, -0.25) is 0 Å². The highest BCUT2D eigenvalue weighted by Crippen LogP contribution is 2.33. The Morgan fingerprint density at radius 2 is 2.08 bits per heavy atom. The fourth-order valence-electron chi connectivity index (χ4n) is 0.668. The van der Waals surface area contributed by atoms with Crippen molar-refractivity contribution in [3.63, 3.8) is 0 Å². The summed E-state index contributed by atoms with van der Waals surface area (Å²) in [6, 6.07) is 0.834. The van der Waals surface area contributed by atoms with Crippen LogP contribution in [0.5, 0.6) is 0 Å². The molecule has 0 spiro atoms. The topological polar surface area (TPSA) is 17.2 Å². The van der Waals surface area contributed by atoms with E-state index in [2.05, 4.69) is 25.8 Å². The Morgan fingerprint density at radius 3 is 2.46 bits per heavy atom. The summed E-state index contributed by atoms with van der Waals surface area (Å²) in [5, 5.41) is 0. The van der Waals surface area contributed by atoms with Crippen LogP contribution >= 0.6 is 15.9 Å². The van der Waals surface area contributed by atoms with E-state index in [1.165, 1.54) is 0 Å². The molecule has 2 nitrogen and oxygen atoms in total. The van der Waals surface area contributed by atoms with E-state index in [9.17, 15) is 13.2 Å². The van der Waals surface area contributed by atoms with Crippen LogP contribution in [0.1, 0.15) is 5.56 Å². The zero-order chi connectivity index (χ0) is 10.1. The van der Waals surface area contributed by atoms with Crippen LogP contribution in [0.3, 0.4) is 0 Å². The normalized spacial score (nSPS) is 11.0. The molecule has 0 aliphatic heterocycles. The summed E-state index contributed by atoms with van der Waals surface area (Å²) < 4.78 is 36.2. The van der Waals surface area contributed by atoms with E-state index < -0.39 is 11.7 Å². The maximum atomic E-state index is 12.1. The van der Waals surface area contributed by atoms with Gasteiger partial charge in [0.25, 0.3) is 5.82 Å². The third-order valence-corrected chi connectivity index (χ3v) is 1.84. The van der Waals surface area contributed by atoms with E-state index in [1.54, 1.807) is 0 Å². The Morgan fingerprint density at radius 1 is 1.46 bits per heavy atom. The molecule has 0 aliphatic carbocycles. The molecule has 6 heteroatoms. The summed E-state index contributed by atoms with van der Waals surface area (Å²) in [5.74, 6) is -0.0759. The van der Waals surface area contributed by atoms with Gasteiger partial charge >= 0.3 is 6.18 Å². The molecule has 13 heavy (non-hydrogen) atoms. The van der Waals surface area contributed by atoms with Crippen LogP contribution in [-0.4, -0.2) is 4.98 Å². The number of aromatic nitrogens is 1. The van der Waals surface area contributed by atoms with Gasteiger partial charge in [0.15, 0.2) is 0 Å². The van der Waals surface area contributed by atoms with Gasteiger partial charge in [0.1, 0.15) is 6.20 Å². The minimum absolute atomic E-state index is 0.0531. The number of hydrogen-bond donors (Lipinski definition) is 0. The molecule has 1 aromatic heterocycles. The Bertz CT molecular complexity index is 367. The zero-order valence-electron chi connectivity index (χ0n) is 6.06. The molecule has 0 amide bonds. The van der Waals surface area contributed by atoms with Gasteiger partial charge in [0.05, 0.1) is 5.56 Å². The Hall–Kier alpha value is -1.09. The van der Waals surface area contributed by atoms with Crippen molar-refractivity contribution < 1.29 is 13.2 Å². The second kappa shape index (κ2) is 3.34. The third-order valence-electron chi connectivity index (χ3n) is 1.25. The molecule has 1 heterocycles. The number of hydrogen-bond acceptors (Lipinski definition) is 1. The first kappa shape index (κ1) is 9.99. The molecule has 1 rings (SSSR count). The van der Waals surface area contributed by atoms with Crippen LogP contribution in [0.2, 0.25) is 0 Å². The lowest BCUT2D eigenvalue weighted by atomic mass is 10.3. The van der Waals surface area contributed by atoms with Crippen LogP contribution in [0.15, 0.2) is 16.7 Å². The molecule has 0 radical (unpaired) electrons. The van der Waals surface area contributed by atoms with Crippen molar-refractivity contribution in [3.05, 3.63) is 33.7 Å². The van der Waals surface area contributed by atoms with Crippen molar-refractivity contribution in [2.24, 2.45) is 0 Å². The number of rotatable bonds is 0. The maximum Gasteiger partial charge on any atom is 0.419 e. The van der Waals surface area contributed by atoms with Crippen LogP contribution in [-0.2, 0) is 6.18 Å². The molecule has 0 atom stereocenters. The first-order valence-corrected chi connectivity index (χ1v) is 3.84. The van der Waals surface area contributed by atoms with E-state index in [4.69, 9.17) is 6.57 Å². The van der Waals surface area contributed by atoms with Gasteiger partial charge < -0.3 is 4.85 Å². The average molecular weight is 251 g/mol. The van der Waals surface area contributed by atoms with Crippen molar-refractivity contribution in [1.82, 2.24) is 4.98 Å². The van der Waals surface area contributed by atoms with Gasteiger partial charge in [-0.05, 0) is 6.07 Å². The predicted octanol–water partition coefficient (Wildman–Crippen LogP) is 3.41. The molecule has 0 fully saturated rings. The molecule has 0 saturated carbocycles. The van der Waals surface area contributed by atoms with Crippen molar-refractivity contribution in [2.75, 3.05) is 0 Å². The summed E-state index contributed by atoms with van der Waals surface area (Å²) in [5.41, 5.74) is -0.869. The second-order valence-electron chi connectivity index (χ2n) is 2.14. The molecule has 0 aromatic carbocycles. The third kappa shape index (κ3) is 2.18. The molecule has 0 unspecified atom stereocenters. The van der Waals surface area contributed by atoms with Crippen LogP contribution in [0.25, 0.3) is 4.85 Å². The van der Waals surface area contributed by atoms with Crippen molar-refractivity contribution in [2.45, 2.75) is 6.18 Å². The smallest absolute Gasteiger partial charge is 0.360 e. The first-order chi connectivity index (χ1) is 5.95. The van der Waals surface area contributed by atoms with E-state index in [1.807, 2.05) is 0 Å². The summed E-state index contributed by atoms with van der Waals surface area (Å²) in [6.45, 7) is 6.56. The standard InChI is InChI=1S/C7H2BrF3N2/c1-12-6-5(8)2-4(3-13-6)7(9,10)11/h2-3H. The SMILES string of the molecule is [C-]#[N+]c1ncc(C(F)(F)F)cc1Br. The Balaban J connectivity index is 3.20. The number of halogens is 4. The van der Waals surface area contributed by atoms with Crippen LogP contribution in [0.4, 0.5) is 19.0 Å². The second-order valence-corrected chi connectivity index (χ2v) is 2.99. The molecule has 0 N–H and O–H groups in total. The van der Waals surface area contributed by atoms with Gasteiger partial charge in [0, 0.05) is 4.47 Å². The largest absolute Gasteiger partial charge is 0.419 e. The van der Waals surface area contributed by atoms with E-state index in [-0.39, 0.29) is 10.3 Å². The first-order valence-electron chi connectivity index (χ1n) is 3.05. The summed E-state index contributed by atoms with van der Waals surface area (Å²) in [6.07, 6.45) is -3.78. The lowest BCUT2D eigenvalue weighted by Crippen LogP contribution is -2.05. The molecule has 0 aliphatic rings. The van der Waals surface area contributed by atoms with E-state index >= 15 is 0 Å². The van der Waals surface area contributed by atoms with Crippen LogP contribution < -0.4 is 0 Å². The molecule has 1 aromatic rings. The summed E-state index contributed by atoms with van der Waals surface area (Å²) in [4.78, 5) is 6.26. The van der Waals surface area contributed by atoms with Gasteiger partial charge in [0.2, 0.25) is 0 Å². The Labute approximate surface area is 80.3 Å². The highest BCUT2D eigenvalue weighted by molar-refractivity contribution is 9.10. The van der Waals surface area contributed by atoms with Gasteiger partial charge in [-0.25, -0.2) is 0 Å². The van der Waals surface area contributed by atoms with E-state index in [0.29, 0.717) is 6.20 Å². The van der Waals surface area contributed by atoms with Gasteiger partial charge in [-0.1, -0.05) is 22.5 Å². The maximum absolute atomic E-state index is 12.1. The number of alkyl halides is 3. The van der Waals surface area contributed by atoms with Crippen molar-refractivity contribution in [1.29, 1.82) is 0 Å². The highest BCUT2D eigenvalue weighted by atomic mass is 79.9. The number of pyridine rings is 1. The molecule has 0 bridgehead atoms. The fourth-order valence-corrected chi connectivity index (χ4v) is 1.11.